The molecule has 9 nitrogen and oxygen atoms in total. The molecule has 5 rings (SSSR count). The molecule has 3 aromatic rings. The third-order valence-corrected chi connectivity index (χ3v) is 6.68. The van der Waals surface area contributed by atoms with Crippen LogP contribution in [0.25, 0.3) is 11.3 Å². The Bertz CT molecular complexity index is 1370. The van der Waals surface area contributed by atoms with Crippen LogP contribution in [0.1, 0.15) is 35.5 Å². The van der Waals surface area contributed by atoms with Gasteiger partial charge in [-0.1, -0.05) is 12.1 Å². The molecule has 1 N–H and O–H groups in total. The average Bonchev–Trinajstić information content (AvgIpc) is 3.13. The molecule has 0 atom stereocenters. The summed E-state index contributed by atoms with van der Waals surface area (Å²) in [5.74, 6) is -0.935. The third-order valence-electron chi connectivity index (χ3n) is 6.68. The Hall–Kier alpha value is -3.76. The number of carbonyl (C=O) groups is 2. The molecule has 2 aromatic heterocycles. The van der Waals surface area contributed by atoms with Crippen molar-refractivity contribution in [2.45, 2.75) is 32.9 Å². The van der Waals surface area contributed by atoms with Crippen molar-refractivity contribution < 1.29 is 14.0 Å². The van der Waals surface area contributed by atoms with E-state index in [1.807, 2.05) is 19.9 Å². The Morgan fingerprint density at radius 3 is 2.70 bits per heavy atom. The van der Waals surface area contributed by atoms with Gasteiger partial charge in [-0.2, -0.15) is 0 Å². The summed E-state index contributed by atoms with van der Waals surface area (Å²) in [6.45, 7) is 7.49. The Labute approximate surface area is 215 Å². The maximum atomic E-state index is 14.8. The van der Waals surface area contributed by atoms with Crippen molar-refractivity contribution in [3.8, 4) is 11.3 Å². The van der Waals surface area contributed by atoms with Gasteiger partial charge in [0.15, 0.2) is 5.82 Å². The summed E-state index contributed by atoms with van der Waals surface area (Å²) < 4.78 is 14.8. The topological polar surface area (TPSA) is 94.6 Å². The highest BCUT2D eigenvalue weighted by Crippen LogP contribution is 2.35. The zero-order chi connectivity index (χ0) is 26.3. The van der Waals surface area contributed by atoms with E-state index in [-0.39, 0.29) is 17.7 Å². The Balaban J connectivity index is 1.37. The van der Waals surface area contributed by atoms with Crippen LogP contribution < -0.4 is 10.2 Å². The fourth-order valence-corrected chi connectivity index (χ4v) is 4.74. The van der Waals surface area contributed by atoms with E-state index >= 15 is 0 Å². The molecule has 0 bridgehead atoms. The van der Waals surface area contributed by atoms with Gasteiger partial charge in [-0.05, 0) is 51.7 Å². The number of aromatic nitrogens is 3. The Morgan fingerprint density at radius 2 is 1.95 bits per heavy atom. The molecule has 192 valence electrons. The van der Waals surface area contributed by atoms with Crippen molar-refractivity contribution in [3.63, 3.8) is 0 Å². The van der Waals surface area contributed by atoms with Crippen molar-refractivity contribution in [1.29, 1.82) is 0 Å². The SMILES string of the molecule is CC(C)N1C(=O)C(=O)c2ccc(-c3nc(Nc4ccc5c(n4)CCN(CCN(C)C)C5)ncc3F)cc21. The number of anilines is 3. The highest BCUT2D eigenvalue weighted by Gasteiger charge is 2.37. The van der Waals surface area contributed by atoms with E-state index in [1.54, 1.807) is 18.2 Å². The number of fused-ring (bicyclic) bond motifs is 2. The van der Waals surface area contributed by atoms with E-state index in [1.165, 1.54) is 10.5 Å². The second-order valence-corrected chi connectivity index (χ2v) is 9.98. The smallest absolute Gasteiger partial charge is 0.299 e. The number of benzene rings is 1. The molecule has 0 fully saturated rings. The number of likely N-dealkylation sites (N-methyl/N-ethyl adjacent to an activating group) is 1. The first kappa shape index (κ1) is 24.9. The van der Waals surface area contributed by atoms with Crippen molar-refractivity contribution in [3.05, 3.63) is 59.2 Å². The number of carbonyl (C=O) groups excluding carboxylic acids is 2. The lowest BCUT2D eigenvalue weighted by atomic mass is 10.1. The minimum Gasteiger partial charge on any atom is -0.309 e. The fraction of sp³-hybridized carbons (Fsp3) is 0.370. The molecule has 1 aromatic carbocycles. The van der Waals surface area contributed by atoms with Crippen LogP contribution in [-0.2, 0) is 17.8 Å². The number of rotatable bonds is 7. The second kappa shape index (κ2) is 9.95. The van der Waals surface area contributed by atoms with Crippen molar-refractivity contribution in [2.24, 2.45) is 0 Å². The number of nitrogens with zero attached hydrogens (tertiary/aromatic N) is 6. The maximum Gasteiger partial charge on any atom is 0.299 e. The molecule has 0 saturated carbocycles. The van der Waals surface area contributed by atoms with Gasteiger partial charge in [-0.3, -0.25) is 14.5 Å². The first-order valence-electron chi connectivity index (χ1n) is 12.4. The molecule has 0 unspecified atom stereocenters. The Kier molecular flexibility index (Phi) is 6.70. The molecule has 37 heavy (non-hydrogen) atoms. The van der Waals surface area contributed by atoms with Gasteiger partial charge in [0.25, 0.3) is 11.7 Å². The summed E-state index contributed by atoms with van der Waals surface area (Å²) in [5.41, 5.74) is 3.54. The molecular formula is C27H30FN7O2. The minimum atomic E-state index is -0.603. The summed E-state index contributed by atoms with van der Waals surface area (Å²) in [5, 5.41) is 3.10. The number of halogens is 1. The summed E-state index contributed by atoms with van der Waals surface area (Å²) in [6.07, 6.45) is 1.96. The van der Waals surface area contributed by atoms with Gasteiger partial charge in [0.05, 0.1) is 17.4 Å². The maximum absolute atomic E-state index is 14.8. The Morgan fingerprint density at radius 1 is 1.14 bits per heavy atom. The van der Waals surface area contributed by atoms with Crippen LogP contribution in [0.3, 0.4) is 0 Å². The standard InChI is InChI=1S/C27H30FN7O2/c1-16(2)35-22-13-17(5-7-19(22)25(36)26(35)37)24-20(28)14-29-27(32-24)31-23-8-6-18-15-34(12-11-33(3)4)10-9-21(18)30-23/h5-8,13-14,16H,9-12,15H2,1-4H3,(H,29,30,31,32). The predicted molar refractivity (Wildman–Crippen MR) is 139 cm³/mol. The minimum absolute atomic E-state index is 0.0744. The number of hydrogen-bond donors (Lipinski definition) is 1. The predicted octanol–water partition coefficient (Wildman–Crippen LogP) is 3.28. The first-order chi connectivity index (χ1) is 17.7. The molecular weight excluding hydrogens is 473 g/mol. The van der Waals surface area contributed by atoms with Gasteiger partial charge < -0.3 is 15.1 Å². The number of hydrogen-bond acceptors (Lipinski definition) is 8. The molecule has 2 aliphatic rings. The monoisotopic (exact) mass is 503 g/mol. The van der Waals surface area contributed by atoms with Crippen molar-refractivity contribution >= 4 is 29.1 Å². The van der Waals surface area contributed by atoms with Crippen molar-refractivity contribution in [2.75, 3.05) is 43.9 Å². The lowest BCUT2D eigenvalue weighted by molar-refractivity contribution is -0.114. The largest absolute Gasteiger partial charge is 0.309 e. The zero-order valence-electron chi connectivity index (χ0n) is 21.5. The number of pyridine rings is 1. The van der Waals surface area contributed by atoms with Crippen molar-refractivity contribution in [1.82, 2.24) is 24.8 Å². The van der Waals surface area contributed by atoms with Gasteiger partial charge in [-0.25, -0.2) is 19.3 Å². The number of nitrogens with one attached hydrogen (secondary N) is 1. The molecule has 2 aliphatic heterocycles. The summed E-state index contributed by atoms with van der Waals surface area (Å²) in [6, 6.07) is 8.51. The molecule has 4 heterocycles. The fourth-order valence-electron chi connectivity index (χ4n) is 4.74. The molecule has 0 spiro atoms. The second-order valence-electron chi connectivity index (χ2n) is 9.98. The van der Waals surface area contributed by atoms with Gasteiger partial charge in [-0.15, -0.1) is 0 Å². The first-order valence-corrected chi connectivity index (χ1v) is 12.4. The van der Waals surface area contributed by atoms with Crippen LogP contribution in [0.5, 0.6) is 0 Å². The summed E-state index contributed by atoms with van der Waals surface area (Å²) in [7, 11) is 4.15. The normalized spacial score (nSPS) is 15.5. The van der Waals surface area contributed by atoms with E-state index in [4.69, 9.17) is 4.98 Å². The molecule has 0 saturated heterocycles. The van der Waals surface area contributed by atoms with E-state index in [0.717, 1.165) is 44.5 Å². The molecule has 1 amide bonds. The molecule has 0 aliphatic carbocycles. The van der Waals surface area contributed by atoms with Crippen LogP contribution in [-0.4, -0.2) is 76.2 Å². The number of amides is 1. The van der Waals surface area contributed by atoms with Crippen LogP contribution in [0.2, 0.25) is 0 Å². The molecule has 10 heteroatoms. The quantitative estimate of drug-likeness (QED) is 0.491. The lowest BCUT2D eigenvalue weighted by Gasteiger charge is -2.29. The number of ketones is 1. The van der Waals surface area contributed by atoms with Crippen LogP contribution in [0.4, 0.5) is 21.8 Å². The van der Waals surface area contributed by atoms with E-state index in [2.05, 4.69) is 45.2 Å². The van der Waals surface area contributed by atoms with Gasteiger partial charge >= 0.3 is 0 Å². The third kappa shape index (κ3) is 4.94. The van der Waals surface area contributed by atoms with Crippen LogP contribution in [0, 0.1) is 5.82 Å². The molecule has 0 radical (unpaired) electrons. The van der Waals surface area contributed by atoms with E-state index in [0.29, 0.717) is 22.6 Å². The van der Waals surface area contributed by atoms with Crippen LogP contribution in [0.15, 0.2) is 36.5 Å². The van der Waals surface area contributed by atoms with Gasteiger partial charge in [0.1, 0.15) is 11.5 Å². The highest BCUT2D eigenvalue weighted by molar-refractivity contribution is 6.52. The summed E-state index contributed by atoms with van der Waals surface area (Å²) >= 11 is 0. The number of Topliss-reactive ketones (excluding diaryl/α,β-unsaturated/α-hetero) is 1. The zero-order valence-corrected chi connectivity index (χ0v) is 21.5. The van der Waals surface area contributed by atoms with Gasteiger partial charge in [0.2, 0.25) is 5.95 Å². The lowest BCUT2D eigenvalue weighted by Crippen LogP contribution is -2.36. The van der Waals surface area contributed by atoms with Gasteiger partial charge in [0, 0.05) is 49.9 Å². The highest BCUT2D eigenvalue weighted by atomic mass is 19.1. The summed E-state index contributed by atoms with van der Waals surface area (Å²) in [4.78, 5) is 44.0. The van der Waals surface area contributed by atoms with E-state index in [9.17, 15) is 14.0 Å². The average molecular weight is 504 g/mol. The van der Waals surface area contributed by atoms with Crippen LogP contribution >= 0.6 is 0 Å². The van der Waals surface area contributed by atoms with E-state index < -0.39 is 17.5 Å².